The molecule has 3 aromatic rings. The number of benzene rings is 2. The van der Waals surface area contributed by atoms with Gasteiger partial charge in [0.1, 0.15) is 5.76 Å². The van der Waals surface area contributed by atoms with Crippen LogP contribution >= 0.6 is 23.2 Å². The average molecular weight is 469 g/mol. The van der Waals surface area contributed by atoms with Crippen LogP contribution in [0.3, 0.4) is 0 Å². The van der Waals surface area contributed by atoms with Crippen LogP contribution in [-0.2, 0) is 11.3 Å². The van der Waals surface area contributed by atoms with Crippen LogP contribution in [0.1, 0.15) is 56.7 Å². The zero-order valence-corrected chi connectivity index (χ0v) is 18.5. The van der Waals surface area contributed by atoms with Crippen LogP contribution in [0.2, 0.25) is 10.0 Å². The number of carbonyl (C=O) groups is 3. The summed E-state index contributed by atoms with van der Waals surface area (Å²) in [5.41, 5.74) is 8.93. The molecule has 0 radical (unpaired) electrons. The maximum Gasteiger partial charge on any atom is 0.231 e. The first-order valence-corrected chi connectivity index (χ1v) is 10.5. The quantitative estimate of drug-likeness (QED) is 0.503. The Morgan fingerprint density at radius 2 is 1.94 bits per heavy atom. The van der Waals surface area contributed by atoms with Crippen LogP contribution in [0.5, 0.6) is 0 Å². The monoisotopic (exact) mass is 468 g/mol. The minimum atomic E-state index is -0.529. The molecule has 0 atom stereocenters. The Hall–Kier alpha value is -3.35. The zero-order chi connectivity index (χ0) is 23.0. The molecule has 2 aromatic carbocycles. The molecule has 1 aliphatic rings. The van der Waals surface area contributed by atoms with Gasteiger partial charge in [-0.05, 0) is 47.0 Å². The third-order valence-electron chi connectivity index (χ3n) is 5.13. The number of fused-ring (bicyclic) bond motifs is 1. The van der Waals surface area contributed by atoms with E-state index in [4.69, 9.17) is 33.4 Å². The van der Waals surface area contributed by atoms with Gasteiger partial charge in [0.15, 0.2) is 11.5 Å². The molecule has 4 rings (SSSR count). The fourth-order valence-electron chi connectivity index (χ4n) is 3.58. The van der Waals surface area contributed by atoms with Crippen LogP contribution in [0.4, 0.5) is 5.69 Å². The van der Waals surface area contributed by atoms with Gasteiger partial charge in [-0.2, -0.15) is 0 Å². The van der Waals surface area contributed by atoms with E-state index in [0.717, 1.165) is 16.7 Å². The van der Waals surface area contributed by atoms with Gasteiger partial charge in [-0.3, -0.25) is 14.4 Å². The molecule has 0 saturated carbocycles. The number of amides is 1. The number of anilines is 1. The normalized spacial score (nSPS) is 12.8. The summed E-state index contributed by atoms with van der Waals surface area (Å²) in [5, 5.41) is 3.30. The maximum absolute atomic E-state index is 13.0. The molecule has 32 heavy (non-hydrogen) atoms. The molecule has 0 aliphatic heterocycles. The maximum atomic E-state index is 13.0. The van der Waals surface area contributed by atoms with Crippen LogP contribution < -0.4 is 11.1 Å². The number of furan rings is 1. The fraction of sp³-hybridized carbons (Fsp3) is 0.125. The number of hydrogen-bond acceptors (Lipinski definition) is 5. The number of ketones is 2. The second-order valence-electron chi connectivity index (χ2n) is 7.42. The van der Waals surface area contributed by atoms with E-state index in [9.17, 15) is 14.4 Å². The molecule has 1 aromatic heterocycles. The van der Waals surface area contributed by atoms with Gasteiger partial charge in [-0.25, -0.2) is 0 Å². The summed E-state index contributed by atoms with van der Waals surface area (Å²) < 4.78 is 5.75. The fourth-order valence-corrected chi connectivity index (χ4v) is 4.07. The van der Waals surface area contributed by atoms with Crippen molar-refractivity contribution in [2.45, 2.75) is 19.9 Å². The van der Waals surface area contributed by atoms with Crippen LogP contribution in [0.25, 0.3) is 11.6 Å². The van der Waals surface area contributed by atoms with Crippen LogP contribution in [0.15, 0.2) is 46.9 Å². The Balaban J connectivity index is 1.70. The molecule has 0 fully saturated rings. The molecule has 0 saturated heterocycles. The lowest BCUT2D eigenvalue weighted by atomic mass is 9.90. The first-order chi connectivity index (χ1) is 15.2. The summed E-state index contributed by atoms with van der Waals surface area (Å²) in [6.45, 7) is 1.83. The molecule has 0 unspecified atom stereocenters. The highest BCUT2D eigenvalue weighted by atomic mass is 35.5. The lowest BCUT2D eigenvalue weighted by Gasteiger charge is -2.13. The summed E-state index contributed by atoms with van der Waals surface area (Å²) in [6, 6.07) is 12.0. The van der Waals surface area contributed by atoms with Crippen LogP contribution in [0, 0.1) is 0 Å². The Morgan fingerprint density at radius 3 is 2.66 bits per heavy atom. The van der Waals surface area contributed by atoms with E-state index in [2.05, 4.69) is 5.32 Å². The van der Waals surface area contributed by atoms with Gasteiger partial charge in [0.2, 0.25) is 11.7 Å². The van der Waals surface area contributed by atoms with E-state index < -0.39 is 5.78 Å². The van der Waals surface area contributed by atoms with Crippen molar-refractivity contribution in [1.82, 2.24) is 5.32 Å². The van der Waals surface area contributed by atoms with E-state index in [-0.39, 0.29) is 51.5 Å². The molecular weight excluding hydrogens is 451 g/mol. The number of halogens is 2. The first-order valence-electron chi connectivity index (χ1n) is 9.74. The Morgan fingerprint density at radius 1 is 1.16 bits per heavy atom. The van der Waals surface area contributed by atoms with Gasteiger partial charge in [-0.1, -0.05) is 41.4 Å². The van der Waals surface area contributed by atoms with Gasteiger partial charge in [-0.15, -0.1) is 0 Å². The van der Waals surface area contributed by atoms with Crippen molar-refractivity contribution in [1.29, 1.82) is 0 Å². The number of hydrogen-bond donors (Lipinski definition) is 2. The van der Waals surface area contributed by atoms with E-state index in [1.165, 1.54) is 25.1 Å². The standard InChI is InChI=1S/C24H18Cl2N2O4/c1-12(29)28-11-13-3-2-4-14(7-13)15-8-19(30)21-20(9-15)32-24(22(21)27)23(31)17-6-5-16(25)10-18(17)26/h2-7,9-10H,8,11,27H2,1H3,(H,28,29). The lowest BCUT2D eigenvalue weighted by Crippen LogP contribution is -2.18. The molecule has 1 heterocycles. The zero-order valence-electron chi connectivity index (χ0n) is 17.0. The van der Waals surface area contributed by atoms with Crippen molar-refractivity contribution in [2.75, 3.05) is 5.73 Å². The SMILES string of the molecule is CC(=O)NCc1cccc(C2=Cc3oc(C(=O)c4ccc(Cl)cc4Cl)c(N)c3C(=O)C2)c1. The van der Waals surface area contributed by atoms with E-state index >= 15 is 0 Å². The average Bonchev–Trinajstić information content (AvgIpc) is 3.09. The van der Waals surface area contributed by atoms with E-state index in [1.807, 2.05) is 24.3 Å². The minimum absolute atomic E-state index is 0.00396. The van der Waals surface area contributed by atoms with Crippen molar-refractivity contribution in [3.8, 4) is 0 Å². The molecule has 0 spiro atoms. The number of allylic oxidation sites excluding steroid dienone is 1. The lowest BCUT2D eigenvalue weighted by molar-refractivity contribution is -0.119. The van der Waals surface area contributed by atoms with Gasteiger partial charge in [0.25, 0.3) is 0 Å². The minimum Gasteiger partial charge on any atom is -0.450 e. The molecule has 1 amide bonds. The number of carbonyl (C=O) groups excluding carboxylic acids is 3. The predicted octanol–water partition coefficient (Wildman–Crippen LogP) is 5.16. The van der Waals surface area contributed by atoms with Crippen molar-refractivity contribution in [3.05, 3.63) is 86.3 Å². The van der Waals surface area contributed by atoms with Crippen molar-refractivity contribution < 1.29 is 18.8 Å². The molecule has 0 bridgehead atoms. The molecule has 3 N–H and O–H groups in total. The smallest absolute Gasteiger partial charge is 0.231 e. The number of nitrogens with one attached hydrogen (secondary N) is 1. The van der Waals surface area contributed by atoms with Gasteiger partial charge in [0.05, 0.1) is 16.3 Å². The van der Waals surface area contributed by atoms with Crippen molar-refractivity contribution in [3.63, 3.8) is 0 Å². The Bertz CT molecular complexity index is 1310. The summed E-state index contributed by atoms with van der Waals surface area (Å²) >= 11 is 12.1. The summed E-state index contributed by atoms with van der Waals surface area (Å²) in [4.78, 5) is 37.0. The Kier molecular flexibility index (Phi) is 5.91. The summed E-state index contributed by atoms with van der Waals surface area (Å²) in [6.07, 6.45) is 1.82. The highest BCUT2D eigenvalue weighted by molar-refractivity contribution is 6.37. The van der Waals surface area contributed by atoms with E-state index in [0.29, 0.717) is 11.6 Å². The summed E-state index contributed by atoms with van der Waals surface area (Å²) in [5.74, 6) is -0.805. The molecule has 1 aliphatic carbocycles. The Labute approximate surface area is 194 Å². The number of nitrogens with two attached hydrogens (primary N) is 1. The predicted molar refractivity (Wildman–Crippen MR) is 124 cm³/mol. The highest BCUT2D eigenvalue weighted by Crippen LogP contribution is 2.38. The number of nitrogen functional groups attached to an aromatic ring is 1. The number of rotatable bonds is 5. The second kappa shape index (κ2) is 8.65. The van der Waals surface area contributed by atoms with Crippen molar-refractivity contribution in [2.24, 2.45) is 0 Å². The molecule has 6 nitrogen and oxygen atoms in total. The highest BCUT2D eigenvalue weighted by Gasteiger charge is 2.31. The second-order valence-corrected chi connectivity index (χ2v) is 8.26. The summed E-state index contributed by atoms with van der Waals surface area (Å²) in [7, 11) is 0. The molecule has 8 heteroatoms. The van der Waals surface area contributed by atoms with Gasteiger partial charge < -0.3 is 15.5 Å². The topological polar surface area (TPSA) is 102 Å². The van der Waals surface area contributed by atoms with E-state index in [1.54, 1.807) is 6.08 Å². The molecule has 162 valence electrons. The first kappa shape index (κ1) is 21.9. The van der Waals surface area contributed by atoms with Crippen LogP contribution in [-0.4, -0.2) is 17.5 Å². The third kappa shape index (κ3) is 4.20. The largest absolute Gasteiger partial charge is 0.450 e. The van der Waals surface area contributed by atoms with Crippen molar-refractivity contribution >= 4 is 58.0 Å². The van der Waals surface area contributed by atoms with Gasteiger partial charge in [0, 0.05) is 30.5 Å². The number of Topliss-reactive ketones (excluding diaryl/α,β-unsaturated/α-hetero) is 1. The van der Waals surface area contributed by atoms with Gasteiger partial charge >= 0.3 is 0 Å². The molecular formula is C24H18Cl2N2O4. The third-order valence-corrected chi connectivity index (χ3v) is 5.68.